The van der Waals surface area contributed by atoms with Crippen LogP contribution in [-0.2, 0) is 16.1 Å². The van der Waals surface area contributed by atoms with E-state index >= 15 is 0 Å². The third kappa shape index (κ3) is 4.57. The monoisotopic (exact) mass is 449 g/mol. The molecule has 2 aromatic heterocycles. The number of anilines is 1. The molecule has 8 nitrogen and oxygen atoms in total. The van der Waals surface area contributed by atoms with E-state index in [0.29, 0.717) is 23.0 Å². The summed E-state index contributed by atoms with van der Waals surface area (Å²) in [5.41, 5.74) is 3.66. The fraction of sp³-hybridized carbons (Fsp3) is 0.261. The highest BCUT2D eigenvalue weighted by Gasteiger charge is 2.15. The molecule has 32 heavy (non-hydrogen) atoms. The highest BCUT2D eigenvalue weighted by Crippen LogP contribution is 2.27. The van der Waals surface area contributed by atoms with E-state index in [0.717, 1.165) is 35.0 Å². The molecule has 0 aliphatic rings. The zero-order chi connectivity index (χ0) is 22.5. The average Bonchev–Trinajstić information content (AvgIpc) is 3.12. The van der Waals surface area contributed by atoms with Crippen LogP contribution in [0.2, 0.25) is 0 Å². The second-order valence-electron chi connectivity index (χ2n) is 7.07. The van der Waals surface area contributed by atoms with E-state index in [1.807, 2.05) is 18.2 Å². The summed E-state index contributed by atoms with van der Waals surface area (Å²) in [5.74, 6) is -0.445. The highest BCUT2D eigenvalue weighted by molar-refractivity contribution is 7.99. The molecule has 1 N–H and O–H groups in total. The second kappa shape index (κ2) is 9.78. The van der Waals surface area contributed by atoms with Crippen LogP contribution < -0.4 is 5.32 Å². The normalized spacial score (nSPS) is 11.1. The van der Waals surface area contributed by atoms with Crippen molar-refractivity contribution in [1.82, 2.24) is 19.7 Å². The quantitative estimate of drug-likeness (QED) is 0.316. The minimum absolute atomic E-state index is 0.140. The Morgan fingerprint density at radius 1 is 1.06 bits per heavy atom. The molecule has 164 valence electrons. The van der Waals surface area contributed by atoms with E-state index < -0.39 is 0 Å². The molecule has 0 saturated carbocycles. The van der Waals surface area contributed by atoms with Gasteiger partial charge in [-0.25, -0.2) is 9.78 Å². The molecule has 4 rings (SSSR count). The summed E-state index contributed by atoms with van der Waals surface area (Å²) in [6.07, 6.45) is 0.970. The van der Waals surface area contributed by atoms with Gasteiger partial charge in [-0.15, -0.1) is 10.2 Å². The van der Waals surface area contributed by atoms with Crippen LogP contribution in [0.15, 0.2) is 53.7 Å². The second-order valence-corrected chi connectivity index (χ2v) is 8.01. The molecule has 0 aliphatic carbocycles. The lowest BCUT2D eigenvalue weighted by Crippen LogP contribution is -2.14. The van der Waals surface area contributed by atoms with Crippen LogP contribution >= 0.6 is 11.8 Å². The molecule has 2 aromatic carbocycles. The Hall–Kier alpha value is -3.46. The zero-order valence-electron chi connectivity index (χ0n) is 17.9. The van der Waals surface area contributed by atoms with Gasteiger partial charge in [-0.1, -0.05) is 36.9 Å². The number of benzene rings is 2. The van der Waals surface area contributed by atoms with Gasteiger partial charge in [0.25, 0.3) is 0 Å². The molecule has 0 atom stereocenters. The number of nitrogens with one attached hydrogen (secondary N) is 1. The Morgan fingerprint density at radius 2 is 1.84 bits per heavy atom. The van der Waals surface area contributed by atoms with Crippen LogP contribution in [0.1, 0.15) is 30.6 Å². The number of aryl methyl sites for hydroxylation is 1. The number of esters is 1. The minimum Gasteiger partial charge on any atom is -0.462 e. The fourth-order valence-corrected chi connectivity index (χ4v) is 4.01. The van der Waals surface area contributed by atoms with E-state index in [-0.39, 0.29) is 17.6 Å². The summed E-state index contributed by atoms with van der Waals surface area (Å²) < 4.78 is 7.11. The molecule has 0 bridgehead atoms. The van der Waals surface area contributed by atoms with Gasteiger partial charge in [0.05, 0.1) is 23.4 Å². The van der Waals surface area contributed by atoms with Crippen molar-refractivity contribution in [1.29, 1.82) is 0 Å². The van der Waals surface area contributed by atoms with Gasteiger partial charge in [0.2, 0.25) is 11.1 Å². The molecule has 0 spiro atoms. The predicted octanol–water partition coefficient (Wildman–Crippen LogP) is 4.30. The molecular formula is C23H23N5O3S. The number of carbonyl (C=O) groups excluding carboxylic acids is 2. The van der Waals surface area contributed by atoms with Gasteiger partial charge in [-0.2, -0.15) is 0 Å². The van der Waals surface area contributed by atoms with Gasteiger partial charge in [-0.3, -0.25) is 4.79 Å². The van der Waals surface area contributed by atoms with E-state index in [4.69, 9.17) is 4.74 Å². The molecule has 0 fully saturated rings. The number of thioether (sulfide) groups is 1. The highest BCUT2D eigenvalue weighted by atomic mass is 32.2. The van der Waals surface area contributed by atoms with E-state index in [1.165, 1.54) is 11.8 Å². The maximum Gasteiger partial charge on any atom is 0.338 e. The minimum atomic E-state index is -0.388. The number of hydrogen-bond acceptors (Lipinski definition) is 7. The first-order chi connectivity index (χ1) is 15.6. The van der Waals surface area contributed by atoms with E-state index in [9.17, 15) is 9.59 Å². The van der Waals surface area contributed by atoms with Crippen LogP contribution in [0, 0.1) is 0 Å². The number of ether oxygens (including phenoxy) is 1. The molecule has 0 radical (unpaired) electrons. The standard InChI is InChI=1S/C23H23N5O3S/c1-3-13-28-18-8-6-5-7-17(18)20-21(28)25-23(27-26-20)32-14-19(29)24-16-11-9-15(10-12-16)22(30)31-4-2/h5-12H,3-4,13-14H2,1-2H3,(H,24,29). The van der Waals surface area contributed by atoms with Gasteiger partial charge in [-0.05, 0) is 43.7 Å². The summed E-state index contributed by atoms with van der Waals surface area (Å²) in [7, 11) is 0. The van der Waals surface area contributed by atoms with Crippen molar-refractivity contribution in [3.05, 3.63) is 54.1 Å². The number of fused-ring (bicyclic) bond motifs is 3. The number of amides is 1. The maximum atomic E-state index is 12.4. The summed E-state index contributed by atoms with van der Waals surface area (Å²) >= 11 is 1.23. The third-order valence-electron chi connectivity index (χ3n) is 4.81. The lowest BCUT2D eigenvalue weighted by Gasteiger charge is -2.07. The Labute approximate surface area is 189 Å². The summed E-state index contributed by atoms with van der Waals surface area (Å²) in [4.78, 5) is 28.8. The van der Waals surface area contributed by atoms with Crippen LogP contribution in [-0.4, -0.2) is 44.0 Å². The number of carbonyl (C=O) groups is 2. The first-order valence-electron chi connectivity index (χ1n) is 10.4. The molecule has 1 amide bonds. The number of rotatable bonds is 8. The molecule has 2 heterocycles. The first kappa shape index (κ1) is 21.8. The molecule has 0 aliphatic heterocycles. The molecule has 9 heteroatoms. The van der Waals surface area contributed by atoms with Gasteiger partial charge < -0.3 is 14.6 Å². The van der Waals surface area contributed by atoms with Crippen molar-refractivity contribution < 1.29 is 14.3 Å². The summed E-state index contributed by atoms with van der Waals surface area (Å²) in [6, 6.07) is 14.6. The van der Waals surface area contributed by atoms with Crippen molar-refractivity contribution >= 4 is 51.4 Å². The molecule has 4 aromatic rings. The topological polar surface area (TPSA) is 99.0 Å². The van der Waals surface area contributed by atoms with Crippen molar-refractivity contribution in [2.75, 3.05) is 17.7 Å². The van der Waals surface area contributed by atoms with Crippen molar-refractivity contribution in [3.63, 3.8) is 0 Å². The van der Waals surface area contributed by atoms with Gasteiger partial charge in [0, 0.05) is 17.6 Å². The maximum absolute atomic E-state index is 12.4. The number of hydrogen-bond donors (Lipinski definition) is 1. The third-order valence-corrected chi connectivity index (χ3v) is 5.65. The fourth-order valence-electron chi connectivity index (χ4n) is 3.43. The summed E-state index contributed by atoms with van der Waals surface area (Å²) in [6.45, 7) is 5.02. The largest absolute Gasteiger partial charge is 0.462 e. The Kier molecular flexibility index (Phi) is 6.65. The van der Waals surface area contributed by atoms with Gasteiger partial charge in [0.1, 0.15) is 5.52 Å². The average molecular weight is 450 g/mol. The number of aromatic nitrogens is 4. The smallest absolute Gasteiger partial charge is 0.338 e. The van der Waals surface area contributed by atoms with E-state index in [1.54, 1.807) is 31.2 Å². The predicted molar refractivity (Wildman–Crippen MR) is 125 cm³/mol. The van der Waals surface area contributed by atoms with Gasteiger partial charge >= 0.3 is 5.97 Å². The van der Waals surface area contributed by atoms with Crippen LogP contribution in [0.4, 0.5) is 5.69 Å². The number of para-hydroxylation sites is 1. The Balaban J connectivity index is 1.45. The Bertz CT molecular complexity index is 1270. The van der Waals surface area contributed by atoms with Crippen LogP contribution in [0.3, 0.4) is 0 Å². The van der Waals surface area contributed by atoms with E-state index in [2.05, 4.69) is 38.1 Å². The van der Waals surface area contributed by atoms with Crippen LogP contribution in [0.25, 0.3) is 22.1 Å². The van der Waals surface area contributed by atoms with Crippen molar-refractivity contribution in [2.45, 2.75) is 32.0 Å². The van der Waals surface area contributed by atoms with Crippen molar-refractivity contribution in [3.8, 4) is 0 Å². The lowest BCUT2D eigenvalue weighted by molar-refractivity contribution is -0.113. The SMILES string of the molecule is CCCn1c2ccccc2c2nnc(SCC(=O)Nc3ccc(C(=O)OCC)cc3)nc21. The van der Waals surface area contributed by atoms with Crippen LogP contribution in [0.5, 0.6) is 0 Å². The molecule has 0 unspecified atom stereocenters. The first-order valence-corrected chi connectivity index (χ1v) is 11.4. The zero-order valence-corrected chi connectivity index (χ0v) is 18.7. The van der Waals surface area contributed by atoms with Crippen molar-refractivity contribution in [2.24, 2.45) is 0 Å². The summed E-state index contributed by atoms with van der Waals surface area (Å²) in [5, 5.41) is 12.9. The number of nitrogens with zero attached hydrogens (tertiary/aromatic N) is 4. The van der Waals surface area contributed by atoms with Gasteiger partial charge in [0.15, 0.2) is 5.65 Å². The lowest BCUT2D eigenvalue weighted by atomic mass is 10.2. The molecule has 0 saturated heterocycles. The Morgan fingerprint density at radius 3 is 2.59 bits per heavy atom. The molecular weight excluding hydrogens is 426 g/mol.